The fourth-order valence-corrected chi connectivity index (χ4v) is 0.741. The third-order valence-corrected chi connectivity index (χ3v) is 1.32. The van der Waals surface area contributed by atoms with Gasteiger partial charge in [-0.05, 0) is 18.2 Å². The first kappa shape index (κ1) is 7.25. The fraction of sp³-hybridized carbons (Fsp3) is 0. The van der Waals surface area contributed by atoms with E-state index in [1.807, 2.05) is 0 Å². The van der Waals surface area contributed by atoms with E-state index in [1.165, 1.54) is 6.07 Å². The number of benzene rings is 1. The highest BCUT2D eigenvalue weighted by Gasteiger charge is 1.96. The lowest BCUT2D eigenvalue weighted by molar-refractivity contribution is 0.473. The summed E-state index contributed by atoms with van der Waals surface area (Å²) in [6.45, 7) is 0. The normalized spacial score (nSPS) is 8.18. The molecule has 1 nitrogen and oxygen atoms in total. The van der Waals surface area contributed by atoms with Gasteiger partial charge in [-0.25, -0.2) is 0 Å². The van der Waals surface area contributed by atoms with E-state index in [-0.39, 0.29) is 5.75 Å². The minimum absolute atomic E-state index is 0.0894. The van der Waals surface area contributed by atoms with Crippen molar-refractivity contribution in [3.8, 4) is 30.4 Å². The van der Waals surface area contributed by atoms with Gasteiger partial charge in [0.15, 0.2) is 0 Å². The number of terminal acetylenes is 2. The third-order valence-electron chi connectivity index (χ3n) is 1.32. The summed E-state index contributed by atoms with van der Waals surface area (Å²) < 4.78 is 0. The van der Waals surface area contributed by atoms with Crippen LogP contribution < -0.4 is 0 Å². The molecular formula is C10H6O. The monoisotopic (exact) mass is 142 g/mol. The molecule has 0 spiro atoms. The summed E-state index contributed by atoms with van der Waals surface area (Å²) in [5.41, 5.74) is 1.11. The second kappa shape index (κ2) is 2.82. The second-order valence-corrected chi connectivity index (χ2v) is 2.02. The summed E-state index contributed by atoms with van der Waals surface area (Å²) in [5, 5.41) is 9.12. The van der Waals surface area contributed by atoms with Crippen molar-refractivity contribution in [3.63, 3.8) is 0 Å². The Morgan fingerprint density at radius 1 is 1.18 bits per heavy atom. The molecule has 0 saturated heterocycles. The molecule has 0 saturated carbocycles. The molecule has 1 aromatic rings. The van der Waals surface area contributed by atoms with Crippen molar-refractivity contribution in [3.05, 3.63) is 29.3 Å². The number of rotatable bonds is 0. The maximum absolute atomic E-state index is 9.12. The molecule has 0 radical (unpaired) electrons. The molecule has 0 aliphatic carbocycles. The average Bonchev–Trinajstić information content (AvgIpc) is 2.05. The van der Waals surface area contributed by atoms with Gasteiger partial charge in [-0.3, -0.25) is 0 Å². The van der Waals surface area contributed by atoms with Gasteiger partial charge in [-0.15, -0.1) is 12.8 Å². The van der Waals surface area contributed by atoms with Gasteiger partial charge in [0.2, 0.25) is 0 Å². The van der Waals surface area contributed by atoms with Gasteiger partial charge in [0.1, 0.15) is 5.75 Å². The molecule has 0 aromatic heterocycles. The topological polar surface area (TPSA) is 20.2 Å². The summed E-state index contributed by atoms with van der Waals surface area (Å²) in [5.74, 6) is 4.84. The van der Waals surface area contributed by atoms with Gasteiger partial charge in [-0.2, -0.15) is 0 Å². The van der Waals surface area contributed by atoms with Gasteiger partial charge in [0.05, 0.1) is 5.56 Å². The largest absolute Gasteiger partial charge is 0.507 e. The molecule has 0 bridgehead atoms. The summed E-state index contributed by atoms with van der Waals surface area (Å²) in [7, 11) is 0. The summed E-state index contributed by atoms with van der Waals surface area (Å²) in [6.07, 6.45) is 10.2. The van der Waals surface area contributed by atoms with Crippen molar-refractivity contribution in [2.75, 3.05) is 0 Å². The number of phenols is 1. The van der Waals surface area contributed by atoms with Crippen LogP contribution in [0.4, 0.5) is 0 Å². The Hall–Kier alpha value is -1.86. The van der Waals surface area contributed by atoms with Crippen LogP contribution in [-0.2, 0) is 0 Å². The fourth-order valence-electron chi connectivity index (χ4n) is 0.741. The van der Waals surface area contributed by atoms with E-state index in [1.54, 1.807) is 12.1 Å². The molecule has 0 amide bonds. The third kappa shape index (κ3) is 1.34. The van der Waals surface area contributed by atoms with E-state index in [2.05, 4.69) is 11.8 Å². The highest BCUT2D eigenvalue weighted by Crippen LogP contribution is 2.16. The Labute approximate surface area is 65.7 Å². The first-order valence-corrected chi connectivity index (χ1v) is 3.04. The van der Waals surface area contributed by atoms with Gasteiger partial charge < -0.3 is 5.11 Å². The van der Waals surface area contributed by atoms with Crippen LogP contribution in [0.1, 0.15) is 11.1 Å². The molecule has 11 heavy (non-hydrogen) atoms. The second-order valence-electron chi connectivity index (χ2n) is 2.02. The minimum Gasteiger partial charge on any atom is -0.507 e. The first-order valence-electron chi connectivity index (χ1n) is 3.04. The SMILES string of the molecule is C#Cc1ccc(O)c(C#C)c1. The molecular weight excluding hydrogens is 136 g/mol. The minimum atomic E-state index is 0.0894. The Morgan fingerprint density at radius 2 is 1.91 bits per heavy atom. The van der Waals surface area contributed by atoms with Crippen LogP contribution in [0.15, 0.2) is 18.2 Å². The molecule has 1 rings (SSSR count). The summed E-state index contributed by atoms with van der Waals surface area (Å²) >= 11 is 0. The van der Waals surface area contributed by atoms with Crippen LogP contribution in [0.25, 0.3) is 0 Å². The lowest BCUT2D eigenvalue weighted by Crippen LogP contribution is -1.78. The standard InChI is InChI=1S/C10H6O/c1-3-8-5-6-10(11)9(4-2)7-8/h1-2,5-7,11H. The quantitative estimate of drug-likeness (QED) is 0.542. The van der Waals surface area contributed by atoms with Crippen molar-refractivity contribution in [2.24, 2.45) is 0 Å². The molecule has 0 fully saturated rings. The molecule has 0 heterocycles. The number of phenolic OH excluding ortho intramolecular Hbond substituents is 1. The Morgan fingerprint density at radius 3 is 2.45 bits per heavy atom. The van der Waals surface area contributed by atoms with Crippen LogP contribution in [0.3, 0.4) is 0 Å². The van der Waals surface area contributed by atoms with E-state index < -0.39 is 0 Å². The predicted molar refractivity (Wildman–Crippen MR) is 44.0 cm³/mol. The van der Waals surface area contributed by atoms with Crippen molar-refractivity contribution in [1.29, 1.82) is 0 Å². The molecule has 0 atom stereocenters. The Bertz CT molecular complexity index is 350. The highest BCUT2D eigenvalue weighted by molar-refractivity contribution is 5.49. The van der Waals surface area contributed by atoms with E-state index in [0.717, 1.165) is 0 Å². The molecule has 1 aromatic carbocycles. The van der Waals surface area contributed by atoms with Gasteiger partial charge in [-0.1, -0.05) is 11.8 Å². The summed E-state index contributed by atoms with van der Waals surface area (Å²) in [4.78, 5) is 0. The van der Waals surface area contributed by atoms with Crippen LogP contribution >= 0.6 is 0 Å². The molecule has 1 N–H and O–H groups in total. The van der Waals surface area contributed by atoms with Gasteiger partial charge >= 0.3 is 0 Å². The van der Waals surface area contributed by atoms with Crippen LogP contribution in [-0.4, -0.2) is 5.11 Å². The van der Waals surface area contributed by atoms with Gasteiger partial charge in [0, 0.05) is 5.56 Å². The lowest BCUT2D eigenvalue weighted by Gasteiger charge is -1.96. The van der Waals surface area contributed by atoms with Crippen LogP contribution in [0.2, 0.25) is 0 Å². The van der Waals surface area contributed by atoms with E-state index in [4.69, 9.17) is 18.0 Å². The Balaban J connectivity index is 3.29. The average molecular weight is 142 g/mol. The van der Waals surface area contributed by atoms with Crippen LogP contribution in [0.5, 0.6) is 5.75 Å². The smallest absolute Gasteiger partial charge is 0.131 e. The maximum Gasteiger partial charge on any atom is 0.131 e. The number of hydrogen-bond donors (Lipinski definition) is 1. The molecule has 0 unspecified atom stereocenters. The maximum atomic E-state index is 9.12. The van der Waals surface area contributed by atoms with E-state index >= 15 is 0 Å². The van der Waals surface area contributed by atoms with Crippen molar-refractivity contribution >= 4 is 0 Å². The van der Waals surface area contributed by atoms with Gasteiger partial charge in [0.25, 0.3) is 0 Å². The predicted octanol–water partition coefficient (Wildman–Crippen LogP) is 1.35. The molecule has 0 aliphatic heterocycles. The van der Waals surface area contributed by atoms with E-state index in [0.29, 0.717) is 11.1 Å². The zero-order valence-corrected chi connectivity index (χ0v) is 5.83. The zero-order valence-electron chi connectivity index (χ0n) is 5.83. The first-order chi connectivity index (χ1) is 5.27. The van der Waals surface area contributed by atoms with Crippen LogP contribution in [0, 0.1) is 24.7 Å². The number of aromatic hydroxyl groups is 1. The summed E-state index contributed by atoms with van der Waals surface area (Å²) in [6, 6.07) is 4.72. The van der Waals surface area contributed by atoms with Crippen molar-refractivity contribution in [2.45, 2.75) is 0 Å². The molecule has 52 valence electrons. The molecule has 1 heteroatoms. The van der Waals surface area contributed by atoms with Crippen molar-refractivity contribution in [1.82, 2.24) is 0 Å². The Kier molecular flexibility index (Phi) is 1.86. The number of hydrogen-bond acceptors (Lipinski definition) is 1. The zero-order chi connectivity index (χ0) is 8.27. The van der Waals surface area contributed by atoms with Crippen molar-refractivity contribution < 1.29 is 5.11 Å². The lowest BCUT2D eigenvalue weighted by atomic mass is 10.1. The molecule has 0 aliphatic rings. The van der Waals surface area contributed by atoms with E-state index in [9.17, 15) is 0 Å². The highest BCUT2D eigenvalue weighted by atomic mass is 16.3.